The van der Waals surface area contributed by atoms with Gasteiger partial charge in [-0.3, -0.25) is 0 Å². The molecule has 0 unspecified atom stereocenters. The van der Waals surface area contributed by atoms with Gasteiger partial charge in [0.1, 0.15) is 9.32 Å². The quantitative estimate of drug-likeness (QED) is 0.298. The van der Waals surface area contributed by atoms with Crippen molar-refractivity contribution in [2.75, 3.05) is 0 Å². The molecule has 2 aromatic carbocycles. The summed E-state index contributed by atoms with van der Waals surface area (Å²) >= 11 is 6.32. The van der Waals surface area contributed by atoms with E-state index in [4.69, 9.17) is 9.47 Å². The number of phenolic OH excluding ortho intramolecular Hbond substituents is 1. The fourth-order valence-corrected chi connectivity index (χ4v) is 3.89. The van der Waals surface area contributed by atoms with E-state index in [1.165, 1.54) is 0 Å². The van der Waals surface area contributed by atoms with E-state index < -0.39 is 0 Å². The molecule has 0 saturated heterocycles. The van der Waals surface area contributed by atoms with E-state index in [-0.39, 0.29) is 5.75 Å². The van der Waals surface area contributed by atoms with Crippen LogP contribution in [0.4, 0.5) is 0 Å². The number of hydrogen-bond acceptors (Lipinski definition) is 3. The van der Waals surface area contributed by atoms with E-state index in [2.05, 4.69) is 67.8 Å². The van der Waals surface area contributed by atoms with E-state index in [9.17, 15) is 5.11 Å². The molecular weight excluding hydrogens is 573 g/mol. The van der Waals surface area contributed by atoms with E-state index >= 15 is 0 Å². The first-order valence-electron chi connectivity index (χ1n) is 4.93. The molecule has 0 aliphatic carbocycles. The summed E-state index contributed by atoms with van der Waals surface area (Å²) in [6.45, 7) is 0. The van der Waals surface area contributed by atoms with Crippen LogP contribution in [0.5, 0.6) is 28.7 Å². The Bertz CT molecular complexity index is 600. The molecule has 18 heavy (non-hydrogen) atoms. The lowest BCUT2D eigenvalue weighted by molar-refractivity contribution is 0.350. The summed E-state index contributed by atoms with van der Waals surface area (Å²) in [5.41, 5.74) is 0. The van der Waals surface area contributed by atoms with Crippen LogP contribution in [0.1, 0.15) is 0 Å². The van der Waals surface area contributed by atoms with Crippen LogP contribution in [0.2, 0.25) is 0 Å². The number of ether oxygens (including phenoxy) is 2. The third-order valence-electron chi connectivity index (χ3n) is 2.49. The molecule has 1 aliphatic heterocycles. The number of aromatic hydroxyl groups is 1. The average Bonchev–Trinajstić information content (AvgIpc) is 2.41. The van der Waals surface area contributed by atoms with Gasteiger partial charge in [0, 0.05) is 0 Å². The predicted molar refractivity (Wildman–Crippen MR) is 92.8 cm³/mol. The summed E-state index contributed by atoms with van der Waals surface area (Å²) in [4.78, 5) is 0. The van der Waals surface area contributed by atoms with Gasteiger partial charge in [-0.25, -0.2) is 0 Å². The Morgan fingerprint density at radius 2 is 1.28 bits per heavy atom. The van der Waals surface area contributed by atoms with Gasteiger partial charge >= 0.3 is 0 Å². The van der Waals surface area contributed by atoms with Gasteiger partial charge in [0.2, 0.25) is 0 Å². The minimum atomic E-state index is 0.238. The van der Waals surface area contributed by atoms with E-state index in [0.717, 1.165) is 7.14 Å². The minimum absolute atomic E-state index is 0.238. The fraction of sp³-hybridized carbons (Fsp3) is 0. The molecule has 1 heterocycles. The molecule has 3 nitrogen and oxygen atoms in total. The second-order valence-corrected chi connectivity index (χ2v) is 6.84. The molecular formula is C12H5I3O3. The van der Waals surface area contributed by atoms with Crippen molar-refractivity contribution in [1.82, 2.24) is 0 Å². The van der Waals surface area contributed by atoms with Gasteiger partial charge in [-0.1, -0.05) is 12.1 Å². The maximum atomic E-state index is 10.0. The number of rotatable bonds is 0. The monoisotopic (exact) mass is 578 g/mol. The second kappa shape index (κ2) is 4.85. The van der Waals surface area contributed by atoms with Gasteiger partial charge in [-0.15, -0.1) is 0 Å². The van der Waals surface area contributed by atoms with Crippen molar-refractivity contribution in [1.29, 1.82) is 0 Å². The summed E-state index contributed by atoms with van der Waals surface area (Å²) < 4.78 is 14.0. The van der Waals surface area contributed by atoms with Crippen LogP contribution in [0.25, 0.3) is 0 Å². The van der Waals surface area contributed by atoms with Crippen LogP contribution in [0, 0.1) is 10.7 Å². The first-order chi connectivity index (χ1) is 8.59. The SMILES string of the molecule is Oc1c(I)c(I)c2c(c1I)Oc1ccccc1O2. The molecule has 0 fully saturated rings. The smallest absolute Gasteiger partial charge is 0.188 e. The van der Waals surface area contributed by atoms with Crippen molar-refractivity contribution < 1.29 is 14.6 Å². The maximum absolute atomic E-state index is 10.0. The minimum Gasteiger partial charge on any atom is -0.506 e. The summed E-state index contributed by atoms with van der Waals surface area (Å²) in [6, 6.07) is 7.49. The second-order valence-electron chi connectivity index (χ2n) is 3.60. The van der Waals surface area contributed by atoms with Crippen LogP contribution >= 0.6 is 67.8 Å². The zero-order valence-electron chi connectivity index (χ0n) is 8.71. The van der Waals surface area contributed by atoms with Crippen molar-refractivity contribution in [2.45, 2.75) is 0 Å². The lowest BCUT2D eigenvalue weighted by Crippen LogP contribution is -2.04. The Hall–Kier alpha value is 0.0300. The molecule has 0 aromatic heterocycles. The van der Waals surface area contributed by atoms with Crippen molar-refractivity contribution in [3.05, 3.63) is 35.0 Å². The van der Waals surface area contributed by atoms with E-state index in [0.29, 0.717) is 26.6 Å². The Labute approximate surface area is 144 Å². The lowest BCUT2D eigenvalue weighted by Gasteiger charge is -2.23. The highest BCUT2D eigenvalue weighted by molar-refractivity contribution is 14.1. The molecule has 1 N–H and O–H groups in total. The summed E-state index contributed by atoms with van der Waals surface area (Å²) in [5, 5.41) is 10.0. The largest absolute Gasteiger partial charge is 0.506 e. The van der Waals surface area contributed by atoms with Crippen LogP contribution < -0.4 is 9.47 Å². The zero-order chi connectivity index (χ0) is 12.9. The molecule has 0 radical (unpaired) electrons. The first-order valence-corrected chi connectivity index (χ1v) is 8.17. The normalized spacial score (nSPS) is 12.2. The number of benzene rings is 2. The highest BCUT2D eigenvalue weighted by Crippen LogP contribution is 2.53. The number of fused-ring (bicyclic) bond motifs is 2. The molecule has 1 aliphatic rings. The number of hydrogen-bond donors (Lipinski definition) is 1. The summed E-state index contributed by atoms with van der Waals surface area (Å²) in [7, 11) is 0. The first kappa shape index (κ1) is 13.0. The highest BCUT2D eigenvalue weighted by Gasteiger charge is 2.28. The Morgan fingerprint density at radius 1 is 0.778 bits per heavy atom. The third-order valence-corrected chi connectivity index (χ3v) is 6.60. The molecule has 6 heteroatoms. The molecule has 2 aromatic rings. The average molecular weight is 578 g/mol. The van der Waals surface area contributed by atoms with Crippen molar-refractivity contribution in [3.63, 3.8) is 0 Å². The highest BCUT2D eigenvalue weighted by atomic mass is 127. The maximum Gasteiger partial charge on any atom is 0.188 e. The molecule has 0 amide bonds. The third kappa shape index (κ3) is 1.96. The Morgan fingerprint density at radius 3 is 1.83 bits per heavy atom. The molecule has 0 saturated carbocycles. The molecule has 0 atom stereocenters. The predicted octanol–water partition coefficient (Wildman–Crippen LogP) is 5.10. The molecule has 92 valence electrons. The van der Waals surface area contributed by atoms with Gasteiger partial charge in [0.15, 0.2) is 23.0 Å². The number of phenols is 1. The Kier molecular flexibility index (Phi) is 3.51. The molecule has 0 spiro atoms. The number of halogens is 3. The standard InChI is InChI=1S/C12H5I3O3/c13-7-8(14)11-12(9(15)10(7)16)18-6-4-2-1-3-5(6)17-11/h1-4,16H. The molecule has 3 rings (SSSR count). The van der Waals surface area contributed by atoms with Gasteiger partial charge < -0.3 is 14.6 Å². The summed E-state index contributed by atoms with van der Waals surface area (Å²) in [6.07, 6.45) is 0. The summed E-state index contributed by atoms with van der Waals surface area (Å²) in [5.74, 6) is 2.85. The van der Waals surface area contributed by atoms with E-state index in [1.807, 2.05) is 24.3 Å². The van der Waals surface area contributed by atoms with Crippen LogP contribution in [-0.2, 0) is 0 Å². The van der Waals surface area contributed by atoms with Crippen LogP contribution in [0.15, 0.2) is 24.3 Å². The van der Waals surface area contributed by atoms with Gasteiger partial charge in [-0.2, -0.15) is 0 Å². The van der Waals surface area contributed by atoms with Crippen molar-refractivity contribution in [2.24, 2.45) is 0 Å². The number of para-hydroxylation sites is 2. The topological polar surface area (TPSA) is 38.7 Å². The van der Waals surface area contributed by atoms with Gasteiger partial charge in [0.05, 0.1) is 7.14 Å². The van der Waals surface area contributed by atoms with Crippen molar-refractivity contribution >= 4 is 67.8 Å². The van der Waals surface area contributed by atoms with Crippen LogP contribution in [-0.4, -0.2) is 5.11 Å². The van der Waals surface area contributed by atoms with E-state index in [1.54, 1.807) is 0 Å². The Balaban J connectivity index is 2.25. The van der Waals surface area contributed by atoms with Crippen LogP contribution in [0.3, 0.4) is 0 Å². The molecule has 0 bridgehead atoms. The van der Waals surface area contributed by atoms with Gasteiger partial charge in [-0.05, 0) is 79.9 Å². The lowest BCUT2D eigenvalue weighted by atomic mass is 10.2. The van der Waals surface area contributed by atoms with Gasteiger partial charge in [0.25, 0.3) is 0 Å². The fourth-order valence-electron chi connectivity index (χ4n) is 1.63. The van der Waals surface area contributed by atoms with Crippen molar-refractivity contribution in [3.8, 4) is 28.7 Å². The zero-order valence-corrected chi connectivity index (χ0v) is 15.2.